The summed E-state index contributed by atoms with van der Waals surface area (Å²) in [6, 6.07) is 3.53. The Balaban J connectivity index is 2.14. The van der Waals surface area contributed by atoms with Crippen LogP contribution in [0.5, 0.6) is 0 Å². The number of imidazole rings is 1. The van der Waals surface area contributed by atoms with Crippen LogP contribution >= 0.6 is 27.3 Å². The Kier molecular flexibility index (Phi) is 4.78. The van der Waals surface area contributed by atoms with E-state index in [1.807, 2.05) is 6.07 Å². The number of aromatic nitrogens is 5. The van der Waals surface area contributed by atoms with E-state index in [4.69, 9.17) is 5.26 Å². The lowest BCUT2D eigenvalue weighted by Crippen LogP contribution is -2.38. The fourth-order valence-electron chi connectivity index (χ4n) is 3.28. The summed E-state index contributed by atoms with van der Waals surface area (Å²) >= 11 is 4.36. The molecule has 4 aromatic rings. The normalized spacial score (nSPS) is 12.0. The van der Waals surface area contributed by atoms with Crippen molar-refractivity contribution >= 4 is 48.5 Å². The average Bonchev–Trinajstić information content (AvgIpc) is 3.23. The number of alkyl halides is 3. The van der Waals surface area contributed by atoms with E-state index in [-0.39, 0.29) is 34.4 Å². The van der Waals surface area contributed by atoms with Crippen LogP contribution in [0.4, 0.5) is 13.2 Å². The van der Waals surface area contributed by atoms with Gasteiger partial charge in [-0.3, -0.25) is 14.3 Å². The number of halogens is 4. The average molecular weight is 499 g/mol. The Labute approximate surface area is 177 Å². The molecular weight excluding hydrogens is 489 g/mol. The van der Waals surface area contributed by atoms with Crippen molar-refractivity contribution in [2.24, 2.45) is 7.05 Å². The van der Waals surface area contributed by atoms with Crippen molar-refractivity contribution in [2.75, 3.05) is 0 Å². The Morgan fingerprint density at radius 1 is 1.30 bits per heavy atom. The van der Waals surface area contributed by atoms with Crippen LogP contribution in [-0.2, 0) is 19.8 Å². The summed E-state index contributed by atoms with van der Waals surface area (Å²) in [6.07, 6.45) is -2.44. The molecule has 0 aromatic carbocycles. The molecule has 0 aliphatic heterocycles. The first kappa shape index (κ1) is 20.3. The minimum absolute atomic E-state index is 0.00700. The second-order valence-electron chi connectivity index (χ2n) is 6.27. The van der Waals surface area contributed by atoms with Gasteiger partial charge in [-0.15, -0.1) is 11.3 Å². The Bertz CT molecular complexity index is 1470. The number of thiophene rings is 1. The quantitative estimate of drug-likeness (QED) is 0.431. The van der Waals surface area contributed by atoms with E-state index in [1.54, 1.807) is 6.07 Å². The fourth-order valence-corrected chi connectivity index (χ4v) is 4.80. The molecule has 13 heteroatoms. The predicted molar refractivity (Wildman–Crippen MR) is 107 cm³/mol. The smallest absolute Gasteiger partial charge is 0.322 e. The molecule has 30 heavy (non-hydrogen) atoms. The van der Waals surface area contributed by atoms with Gasteiger partial charge in [-0.05, 0) is 22.0 Å². The Morgan fingerprint density at radius 3 is 2.70 bits per heavy atom. The first-order chi connectivity index (χ1) is 14.1. The molecule has 0 aliphatic rings. The monoisotopic (exact) mass is 498 g/mol. The van der Waals surface area contributed by atoms with Gasteiger partial charge in [0.2, 0.25) is 5.82 Å². The third kappa shape index (κ3) is 3.03. The second kappa shape index (κ2) is 7.06. The van der Waals surface area contributed by atoms with Gasteiger partial charge in [-0.25, -0.2) is 14.3 Å². The van der Waals surface area contributed by atoms with Gasteiger partial charge in [0.25, 0.3) is 5.56 Å². The number of aryl methyl sites for hydroxylation is 2. The summed E-state index contributed by atoms with van der Waals surface area (Å²) in [5.74, 6) is -1.18. The van der Waals surface area contributed by atoms with Gasteiger partial charge in [0.1, 0.15) is 10.2 Å². The summed E-state index contributed by atoms with van der Waals surface area (Å²) in [5.41, 5.74) is -1.41. The van der Waals surface area contributed by atoms with E-state index in [0.29, 0.717) is 9.30 Å². The molecule has 0 radical (unpaired) electrons. The zero-order valence-electron chi connectivity index (χ0n) is 15.1. The lowest BCUT2D eigenvalue weighted by molar-refractivity contribution is -0.146. The highest BCUT2D eigenvalue weighted by Gasteiger charge is 2.37. The molecule has 0 amide bonds. The molecule has 0 bridgehead atoms. The zero-order valence-corrected chi connectivity index (χ0v) is 17.5. The first-order valence-corrected chi connectivity index (χ1v) is 9.96. The van der Waals surface area contributed by atoms with Crippen LogP contribution in [0, 0.1) is 11.3 Å². The van der Waals surface area contributed by atoms with Gasteiger partial charge in [0.05, 0.1) is 45.4 Å². The topological polar surface area (TPSA) is 98.5 Å². The fraction of sp³-hybridized carbons (Fsp3) is 0.235. The van der Waals surface area contributed by atoms with Crippen LogP contribution in [-0.4, -0.2) is 23.7 Å². The molecule has 0 saturated heterocycles. The van der Waals surface area contributed by atoms with Crippen LogP contribution in [0.2, 0.25) is 0 Å². The number of hydrogen-bond acceptors (Lipinski definition) is 6. The highest BCUT2D eigenvalue weighted by Crippen LogP contribution is 2.32. The minimum Gasteiger partial charge on any atom is -0.322 e. The van der Waals surface area contributed by atoms with Gasteiger partial charge in [0.15, 0.2) is 0 Å². The summed E-state index contributed by atoms with van der Waals surface area (Å²) in [6.45, 7) is 0.0118. The van der Waals surface area contributed by atoms with Gasteiger partial charge in [-0.1, -0.05) is 0 Å². The highest BCUT2D eigenvalue weighted by molar-refractivity contribution is 9.11. The molecule has 0 saturated carbocycles. The maximum absolute atomic E-state index is 13.3. The molecule has 4 heterocycles. The van der Waals surface area contributed by atoms with Crippen LogP contribution in [0.3, 0.4) is 0 Å². The molecule has 154 valence electrons. The lowest BCUT2D eigenvalue weighted by Gasteiger charge is -2.12. The van der Waals surface area contributed by atoms with Gasteiger partial charge < -0.3 is 4.57 Å². The van der Waals surface area contributed by atoms with Crippen molar-refractivity contribution in [3.05, 3.63) is 48.9 Å². The zero-order chi connectivity index (χ0) is 21.8. The summed E-state index contributed by atoms with van der Waals surface area (Å²) < 4.78 is 43.6. The molecular formula is C17H10BrF3N6O2S. The molecule has 0 atom stereocenters. The number of nitriles is 1. The van der Waals surface area contributed by atoms with Crippen LogP contribution in [0.1, 0.15) is 12.2 Å². The molecule has 0 aliphatic carbocycles. The molecule has 4 rings (SSSR count). The number of fused-ring (bicyclic) bond motifs is 2. The lowest BCUT2D eigenvalue weighted by atomic mass is 10.3. The van der Waals surface area contributed by atoms with Gasteiger partial charge >= 0.3 is 11.9 Å². The standard InChI is InChI=1S/C17H10BrF3N6O2S/c1-25-12-8(24-15(25)17(19,20)21)6-23-7-10(12)27-14(28)13-9(5-11(18)30-13)26(16(27)29)4-2-3-22/h5-7H,2,4H2,1H3. The van der Waals surface area contributed by atoms with Crippen molar-refractivity contribution in [1.82, 2.24) is 23.7 Å². The summed E-state index contributed by atoms with van der Waals surface area (Å²) in [4.78, 5) is 33.8. The largest absolute Gasteiger partial charge is 0.449 e. The maximum Gasteiger partial charge on any atom is 0.449 e. The minimum atomic E-state index is -4.73. The Hall–Kier alpha value is -2.98. The van der Waals surface area contributed by atoms with E-state index >= 15 is 0 Å². The predicted octanol–water partition coefficient (Wildman–Crippen LogP) is 3.19. The number of pyridine rings is 1. The molecule has 0 spiro atoms. The summed E-state index contributed by atoms with van der Waals surface area (Å²) in [5, 5.41) is 8.92. The van der Waals surface area contributed by atoms with E-state index in [0.717, 1.165) is 39.9 Å². The SMILES string of the molecule is Cn1c(C(F)(F)F)nc2cncc(-n3c(=O)c4sc(Br)cc4n(CCC#N)c3=O)c21. The van der Waals surface area contributed by atoms with Crippen LogP contribution < -0.4 is 11.2 Å². The third-order valence-corrected chi connectivity index (χ3v) is 6.11. The number of hydrogen-bond donors (Lipinski definition) is 0. The van der Waals surface area contributed by atoms with Crippen LogP contribution in [0.25, 0.3) is 26.9 Å². The number of nitrogens with zero attached hydrogens (tertiary/aromatic N) is 6. The maximum atomic E-state index is 13.3. The molecule has 8 nitrogen and oxygen atoms in total. The van der Waals surface area contributed by atoms with Crippen molar-refractivity contribution in [1.29, 1.82) is 5.26 Å². The van der Waals surface area contributed by atoms with Crippen molar-refractivity contribution in [3.63, 3.8) is 0 Å². The van der Waals surface area contributed by atoms with Crippen molar-refractivity contribution in [3.8, 4) is 11.8 Å². The van der Waals surface area contributed by atoms with E-state index < -0.39 is 23.2 Å². The van der Waals surface area contributed by atoms with E-state index in [2.05, 4.69) is 25.9 Å². The molecule has 4 aromatic heterocycles. The van der Waals surface area contributed by atoms with Crippen LogP contribution in [0.15, 0.2) is 31.8 Å². The van der Waals surface area contributed by atoms with E-state index in [1.165, 1.54) is 4.57 Å². The van der Waals surface area contributed by atoms with Gasteiger partial charge in [0, 0.05) is 13.6 Å². The van der Waals surface area contributed by atoms with E-state index in [9.17, 15) is 22.8 Å². The molecule has 0 unspecified atom stereocenters. The van der Waals surface area contributed by atoms with Gasteiger partial charge in [-0.2, -0.15) is 18.4 Å². The Morgan fingerprint density at radius 2 is 2.03 bits per heavy atom. The van der Waals surface area contributed by atoms with Crippen molar-refractivity contribution < 1.29 is 13.2 Å². The molecule has 0 N–H and O–H groups in total. The second-order valence-corrected chi connectivity index (χ2v) is 8.70. The van der Waals surface area contributed by atoms with Crippen molar-refractivity contribution in [2.45, 2.75) is 19.1 Å². The number of rotatable bonds is 3. The first-order valence-electron chi connectivity index (χ1n) is 8.35. The summed E-state index contributed by atoms with van der Waals surface area (Å²) in [7, 11) is 1.15. The third-order valence-electron chi connectivity index (χ3n) is 4.49. The molecule has 0 fully saturated rings. The highest BCUT2D eigenvalue weighted by atomic mass is 79.9.